The molecule has 9 nitrogen and oxygen atoms in total. The number of anilines is 1. The number of pyridine rings is 1. The Morgan fingerprint density at radius 3 is 2.56 bits per heavy atom. The van der Waals surface area contributed by atoms with E-state index in [1.165, 1.54) is 37.6 Å². The number of nitro groups is 1. The number of carbonyl (C=O) groups excluding carboxylic acids is 2. The van der Waals surface area contributed by atoms with Crippen molar-refractivity contribution in [2.75, 3.05) is 12.0 Å². The molecule has 32 heavy (non-hydrogen) atoms. The molecule has 1 fully saturated rings. The Balaban J connectivity index is 1.97. The molecule has 0 radical (unpaired) electrons. The largest absolute Gasteiger partial charge is 0.507 e. The van der Waals surface area contributed by atoms with Gasteiger partial charge in [0.25, 0.3) is 11.5 Å². The molecule has 1 amide bonds. The second-order valence-electron chi connectivity index (χ2n) is 6.94. The number of aromatic nitrogens is 1. The van der Waals surface area contributed by atoms with E-state index in [0.717, 1.165) is 4.90 Å². The zero-order valence-electron chi connectivity index (χ0n) is 16.8. The topological polar surface area (TPSA) is 123 Å². The van der Waals surface area contributed by atoms with Crippen LogP contribution >= 0.6 is 0 Å². The van der Waals surface area contributed by atoms with Crippen molar-refractivity contribution in [1.82, 2.24) is 4.98 Å². The number of aliphatic hydroxyl groups is 1. The van der Waals surface area contributed by atoms with Gasteiger partial charge in [0.1, 0.15) is 17.3 Å². The molecule has 1 saturated heterocycles. The number of nitro benzene ring substituents is 1. The molecule has 0 spiro atoms. The Labute approximate surface area is 182 Å². The van der Waals surface area contributed by atoms with Crippen LogP contribution in [0, 0.1) is 10.1 Å². The van der Waals surface area contributed by atoms with E-state index >= 15 is 0 Å². The van der Waals surface area contributed by atoms with E-state index in [4.69, 9.17) is 4.74 Å². The van der Waals surface area contributed by atoms with Gasteiger partial charge >= 0.3 is 5.91 Å². The molecule has 0 aliphatic carbocycles. The van der Waals surface area contributed by atoms with Crippen molar-refractivity contribution in [2.24, 2.45) is 0 Å². The van der Waals surface area contributed by atoms with Crippen LogP contribution in [-0.4, -0.2) is 33.8 Å². The summed E-state index contributed by atoms with van der Waals surface area (Å²) < 4.78 is 5.18. The predicted molar refractivity (Wildman–Crippen MR) is 115 cm³/mol. The monoisotopic (exact) mass is 431 g/mol. The van der Waals surface area contributed by atoms with Crippen molar-refractivity contribution in [1.29, 1.82) is 0 Å². The fourth-order valence-corrected chi connectivity index (χ4v) is 3.61. The summed E-state index contributed by atoms with van der Waals surface area (Å²) in [6.07, 6.45) is 1.46. The molecule has 1 aliphatic rings. The molecular formula is C23H17N3O6. The molecule has 1 atom stereocenters. The van der Waals surface area contributed by atoms with Gasteiger partial charge in [-0.1, -0.05) is 30.3 Å². The number of non-ortho nitro benzene ring substituents is 1. The molecule has 1 N–H and O–H groups in total. The number of amides is 1. The van der Waals surface area contributed by atoms with Crippen molar-refractivity contribution in [3.8, 4) is 5.75 Å². The van der Waals surface area contributed by atoms with Crippen molar-refractivity contribution in [3.05, 3.63) is 99.7 Å². The summed E-state index contributed by atoms with van der Waals surface area (Å²) >= 11 is 0. The minimum absolute atomic E-state index is 0.177. The molecule has 2 aromatic carbocycles. The lowest BCUT2D eigenvalue weighted by atomic mass is 9.95. The number of ether oxygens (including phenoxy) is 1. The summed E-state index contributed by atoms with van der Waals surface area (Å²) in [6.45, 7) is 0. The molecule has 9 heteroatoms. The molecule has 3 aromatic rings. The van der Waals surface area contributed by atoms with E-state index in [0.29, 0.717) is 5.75 Å². The van der Waals surface area contributed by atoms with Crippen molar-refractivity contribution in [2.45, 2.75) is 6.04 Å². The lowest BCUT2D eigenvalue weighted by Crippen LogP contribution is -2.30. The third kappa shape index (κ3) is 3.56. The second kappa shape index (κ2) is 8.31. The number of rotatable bonds is 5. The molecule has 0 bridgehead atoms. The van der Waals surface area contributed by atoms with Gasteiger partial charge in [0.2, 0.25) is 0 Å². The highest BCUT2D eigenvalue weighted by atomic mass is 16.6. The maximum atomic E-state index is 13.1. The average Bonchev–Trinajstić information content (AvgIpc) is 3.09. The molecule has 0 unspecified atom stereocenters. The van der Waals surface area contributed by atoms with Crippen LogP contribution in [0.4, 0.5) is 11.5 Å². The van der Waals surface area contributed by atoms with Crippen molar-refractivity contribution < 1.29 is 24.4 Å². The molecular weight excluding hydrogens is 414 g/mol. The summed E-state index contributed by atoms with van der Waals surface area (Å²) in [5.41, 5.74) is 0.136. The first-order valence-corrected chi connectivity index (χ1v) is 9.53. The van der Waals surface area contributed by atoms with E-state index in [9.17, 15) is 24.8 Å². The fraction of sp³-hybridized carbons (Fsp3) is 0.0870. The van der Waals surface area contributed by atoms with Crippen LogP contribution in [-0.2, 0) is 9.59 Å². The normalized spacial score (nSPS) is 17.4. The molecule has 1 aliphatic heterocycles. The summed E-state index contributed by atoms with van der Waals surface area (Å²) in [6, 6.07) is 15.7. The number of carbonyl (C=O) groups is 2. The van der Waals surface area contributed by atoms with Gasteiger partial charge < -0.3 is 9.84 Å². The Kier molecular flexibility index (Phi) is 5.38. The summed E-state index contributed by atoms with van der Waals surface area (Å²) in [4.78, 5) is 42.1. The van der Waals surface area contributed by atoms with Gasteiger partial charge in [-0.15, -0.1) is 0 Å². The number of Topliss-reactive ketones (excluding diaryl/α,β-unsaturated/α-hetero) is 1. The van der Waals surface area contributed by atoms with Gasteiger partial charge in [0.05, 0.1) is 23.6 Å². The first kappa shape index (κ1) is 20.7. The van der Waals surface area contributed by atoms with Gasteiger partial charge in [0.15, 0.2) is 0 Å². The minimum atomic E-state index is -1.11. The van der Waals surface area contributed by atoms with Gasteiger partial charge in [0, 0.05) is 23.9 Å². The van der Waals surface area contributed by atoms with Crippen molar-refractivity contribution >= 4 is 29.0 Å². The fourth-order valence-electron chi connectivity index (χ4n) is 3.61. The van der Waals surface area contributed by atoms with Gasteiger partial charge in [-0.3, -0.25) is 24.6 Å². The zero-order chi connectivity index (χ0) is 22.8. The summed E-state index contributed by atoms with van der Waals surface area (Å²) in [5, 5.41) is 22.4. The summed E-state index contributed by atoms with van der Waals surface area (Å²) in [5.74, 6) is -1.62. The van der Waals surface area contributed by atoms with Gasteiger partial charge in [-0.2, -0.15) is 0 Å². The summed E-state index contributed by atoms with van der Waals surface area (Å²) in [7, 11) is 1.46. The molecule has 0 saturated carbocycles. The minimum Gasteiger partial charge on any atom is -0.507 e. The first-order chi connectivity index (χ1) is 15.4. The SMILES string of the molecule is COc1cccc(C(O)=C2C(=O)C(=O)N(c3ccccn3)[C@H]2c2cccc([N+](=O)[O-])c2)c1. The molecule has 4 rings (SSSR count). The van der Waals surface area contributed by atoms with E-state index in [-0.39, 0.29) is 28.2 Å². The number of benzene rings is 2. The zero-order valence-corrected chi connectivity index (χ0v) is 16.8. The molecule has 160 valence electrons. The quantitative estimate of drug-likeness (QED) is 0.215. The maximum Gasteiger partial charge on any atom is 0.301 e. The van der Waals surface area contributed by atoms with Crippen LogP contribution in [0.1, 0.15) is 17.2 Å². The highest BCUT2D eigenvalue weighted by molar-refractivity contribution is 6.51. The van der Waals surface area contributed by atoms with Crippen LogP contribution in [0.5, 0.6) is 5.75 Å². The van der Waals surface area contributed by atoms with E-state index in [1.807, 2.05) is 0 Å². The van der Waals surface area contributed by atoms with Gasteiger partial charge in [-0.25, -0.2) is 4.98 Å². The van der Waals surface area contributed by atoms with Crippen LogP contribution in [0.15, 0.2) is 78.5 Å². The second-order valence-corrected chi connectivity index (χ2v) is 6.94. The number of aliphatic hydroxyl groups excluding tert-OH is 1. The number of methoxy groups -OCH3 is 1. The molecule has 2 heterocycles. The lowest BCUT2D eigenvalue weighted by Gasteiger charge is -2.24. The number of hydrogen-bond donors (Lipinski definition) is 1. The Morgan fingerprint density at radius 2 is 1.88 bits per heavy atom. The highest BCUT2D eigenvalue weighted by Crippen LogP contribution is 2.42. The third-order valence-corrected chi connectivity index (χ3v) is 5.08. The molecule has 1 aromatic heterocycles. The highest BCUT2D eigenvalue weighted by Gasteiger charge is 2.47. The van der Waals surface area contributed by atoms with E-state index in [2.05, 4.69) is 4.98 Å². The van der Waals surface area contributed by atoms with Gasteiger partial charge in [-0.05, 0) is 29.8 Å². The van der Waals surface area contributed by atoms with Crippen LogP contribution in [0.3, 0.4) is 0 Å². The number of ketones is 1. The third-order valence-electron chi connectivity index (χ3n) is 5.08. The van der Waals surface area contributed by atoms with E-state index in [1.54, 1.807) is 42.5 Å². The smallest absolute Gasteiger partial charge is 0.301 e. The Bertz CT molecular complexity index is 1260. The number of hydrogen-bond acceptors (Lipinski definition) is 7. The number of nitrogens with zero attached hydrogens (tertiary/aromatic N) is 3. The van der Waals surface area contributed by atoms with Crippen LogP contribution in [0.2, 0.25) is 0 Å². The first-order valence-electron chi connectivity index (χ1n) is 9.53. The van der Waals surface area contributed by atoms with Crippen LogP contribution < -0.4 is 9.64 Å². The van der Waals surface area contributed by atoms with Crippen LogP contribution in [0.25, 0.3) is 5.76 Å². The van der Waals surface area contributed by atoms with E-state index < -0.39 is 28.4 Å². The maximum absolute atomic E-state index is 13.1. The van der Waals surface area contributed by atoms with Crippen molar-refractivity contribution in [3.63, 3.8) is 0 Å². The standard InChI is InChI=1S/C23H17N3O6/c1-32-17-9-5-7-15(13-17)21(27)19-20(14-6-4-8-16(12-14)26(30)31)25(23(29)22(19)28)18-10-2-3-11-24-18/h2-13,20,27H,1H3/t20-/m0/s1. The average molecular weight is 431 g/mol. The predicted octanol–water partition coefficient (Wildman–Crippen LogP) is 3.62. The Hall–Kier alpha value is -4.53. The lowest BCUT2D eigenvalue weighted by molar-refractivity contribution is -0.384. The Morgan fingerprint density at radius 1 is 1.09 bits per heavy atom.